The van der Waals surface area contributed by atoms with Crippen molar-refractivity contribution in [1.29, 1.82) is 0 Å². The van der Waals surface area contributed by atoms with E-state index in [4.69, 9.17) is 0 Å². The molecule has 0 aliphatic heterocycles. The van der Waals surface area contributed by atoms with Crippen LogP contribution in [0, 0.1) is 6.92 Å². The molecule has 0 fully saturated rings. The molecule has 1 aromatic heterocycles. The van der Waals surface area contributed by atoms with Crippen LogP contribution >= 0.6 is 0 Å². The lowest BCUT2D eigenvalue weighted by Gasteiger charge is -2.12. The summed E-state index contributed by atoms with van der Waals surface area (Å²) in [7, 11) is 0. The van der Waals surface area contributed by atoms with Gasteiger partial charge in [-0.3, -0.25) is 0 Å². The molecular formula is C12H15N3. The van der Waals surface area contributed by atoms with Crippen LogP contribution in [0.15, 0.2) is 30.6 Å². The lowest BCUT2D eigenvalue weighted by Crippen LogP contribution is -2.04. The number of benzene rings is 1. The molecule has 1 heterocycles. The summed E-state index contributed by atoms with van der Waals surface area (Å²) in [5.74, 6) is 0.478. The molecular weight excluding hydrogens is 186 g/mol. The fourth-order valence-corrected chi connectivity index (χ4v) is 1.66. The van der Waals surface area contributed by atoms with Gasteiger partial charge in [0.25, 0.3) is 0 Å². The van der Waals surface area contributed by atoms with Crippen LogP contribution < -0.4 is 0 Å². The number of hydrogen-bond acceptors (Lipinski definition) is 2. The third kappa shape index (κ3) is 1.91. The van der Waals surface area contributed by atoms with E-state index in [1.54, 1.807) is 17.2 Å². The molecule has 3 heteroatoms. The Labute approximate surface area is 89.7 Å². The Hall–Kier alpha value is -1.64. The van der Waals surface area contributed by atoms with Crippen molar-refractivity contribution >= 4 is 0 Å². The van der Waals surface area contributed by atoms with Gasteiger partial charge in [0.15, 0.2) is 0 Å². The third-order valence-electron chi connectivity index (χ3n) is 2.44. The van der Waals surface area contributed by atoms with Crippen molar-refractivity contribution < 1.29 is 0 Å². The molecule has 0 aliphatic carbocycles. The van der Waals surface area contributed by atoms with Crippen LogP contribution in [0.5, 0.6) is 0 Å². The zero-order valence-corrected chi connectivity index (χ0v) is 9.31. The van der Waals surface area contributed by atoms with Crippen LogP contribution in [0.1, 0.15) is 30.9 Å². The van der Waals surface area contributed by atoms with Crippen molar-refractivity contribution in [3.63, 3.8) is 0 Å². The first kappa shape index (κ1) is 9.90. The topological polar surface area (TPSA) is 30.7 Å². The summed E-state index contributed by atoms with van der Waals surface area (Å²) in [5, 5.41) is 8.33. The predicted octanol–water partition coefficient (Wildman–Crippen LogP) is 2.70. The second-order valence-electron chi connectivity index (χ2n) is 4.04. The SMILES string of the molecule is Cc1ccc(-n2nccn2)c(C(C)C)c1. The van der Waals surface area contributed by atoms with Gasteiger partial charge in [0.05, 0.1) is 18.1 Å². The number of rotatable bonds is 2. The highest BCUT2D eigenvalue weighted by Crippen LogP contribution is 2.22. The highest BCUT2D eigenvalue weighted by Gasteiger charge is 2.09. The zero-order chi connectivity index (χ0) is 10.8. The summed E-state index contributed by atoms with van der Waals surface area (Å²) in [6.45, 7) is 6.47. The highest BCUT2D eigenvalue weighted by atomic mass is 15.5. The smallest absolute Gasteiger partial charge is 0.0891 e. The second kappa shape index (κ2) is 3.85. The Balaban J connectivity index is 2.56. The maximum atomic E-state index is 4.16. The predicted molar refractivity (Wildman–Crippen MR) is 60.2 cm³/mol. The second-order valence-corrected chi connectivity index (χ2v) is 4.04. The molecule has 1 aromatic carbocycles. The number of aryl methyl sites for hydroxylation is 1. The monoisotopic (exact) mass is 201 g/mol. The summed E-state index contributed by atoms with van der Waals surface area (Å²) in [5.41, 5.74) is 3.63. The molecule has 3 nitrogen and oxygen atoms in total. The van der Waals surface area contributed by atoms with Crippen molar-refractivity contribution in [1.82, 2.24) is 15.0 Å². The van der Waals surface area contributed by atoms with Gasteiger partial charge in [-0.1, -0.05) is 31.5 Å². The maximum absolute atomic E-state index is 4.16. The van der Waals surface area contributed by atoms with Gasteiger partial charge in [-0.2, -0.15) is 15.0 Å². The molecule has 15 heavy (non-hydrogen) atoms. The Bertz CT molecular complexity index is 444. The minimum absolute atomic E-state index is 0.478. The van der Waals surface area contributed by atoms with E-state index in [0.717, 1.165) is 5.69 Å². The van der Waals surface area contributed by atoms with E-state index in [1.165, 1.54) is 11.1 Å². The van der Waals surface area contributed by atoms with Gasteiger partial charge in [-0.25, -0.2) is 0 Å². The van der Waals surface area contributed by atoms with Crippen molar-refractivity contribution in [2.24, 2.45) is 0 Å². The quantitative estimate of drug-likeness (QED) is 0.748. The van der Waals surface area contributed by atoms with Gasteiger partial charge in [0.2, 0.25) is 0 Å². The van der Waals surface area contributed by atoms with E-state index in [1.807, 2.05) is 0 Å². The van der Waals surface area contributed by atoms with E-state index < -0.39 is 0 Å². The molecule has 0 saturated carbocycles. The van der Waals surface area contributed by atoms with E-state index in [2.05, 4.69) is 49.2 Å². The van der Waals surface area contributed by atoms with Crippen LogP contribution in [-0.2, 0) is 0 Å². The van der Waals surface area contributed by atoms with E-state index in [-0.39, 0.29) is 0 Å². The maximum Gasteiger partial charge on any atom is 0.0891 e. The molecule has 0 atom stereocenters. The minimum Gasteiger partial charge on any atom is -0.157 e. The molecule has 0 saturated heterocycles. The normalized spacial score (nSPS) is 10.9. The summed E-state index contributed by atoms with van der Waals surface area (Å²) in [6.07, 6.45) is 3.40. The minimum atomic E-state index is 0.478. The van der Waals surface area contributed by atoms with Gasteiger partial charge in [0, 0.05) is 0 Å². The van der Waals surface area contributed by atoms with E-state index in [0.29, 0.717) is 5.92 Å². The molecule has 0 N–H and O–H groups in total. The van der Waals surface area contributed by atoms with Gasteiger partial charge >= 0.3 is 0 Å². The molecule has 0 aliphatic rings. The largest absolute Gasteiger partial charge is 0.157 e. The molecule has 2 rings (SSSR count). The average Bonchev–Trinajstić information content (AvgIpc) is 2.70. The Morgan fingerprint density at radius 1 is 1.13 bits per heavy atom. The lowest BCUT2D eigenvalue weighted by molar-refractivity contribution is 0.726. The molecule has 2 aromatic rings. The lowest BCUT2D eigenvalue weighted by atomic mass is 9.99. The zero-order valence-electron chi connectivity index (χ0n) is 9.31. The van der Waals surface area contributed by atoms with Crippen molar-refractivity contribution in [3.8, 4) is 5.69 Å². The number of hydrogen-bond donors (Lipinski definition) is 0. The van der Waals surface area contributed by atoms with E-state index >= 15 is 0 Å². The first-order valence-electron chi connectivity index (χ1n) is 5.15. The van der Waals surface area contributed by atoms with E-state index in [9.17, 15) is 0 Å². The number of aromatic nitrogens is 3. The molecule has 0 radical (unpaired) electrons. The summed E-state index contributed by atoms with van der Waals surface area (Å²) >= 11 is 0. The molecule has 78 valence electrons. The summed E-state index contributed by atoms with van der Waals surface area (Å²) in [4.78, 5) is 1.68. The molecule has 0 amide bonds. The fraction of sp³-hybridized carbons (Fsp3) is 0.333. The standard InChI is InChI=1S/C12H15N3/c1-9(2)11-8-10(3)4-5-12(11)15-13-6-7-14-15/h4-9H,1-3H3. The third-order valence-corrected chi connectivity index (χ3v) is 2.44. The van der Waals surface area contributed by atoms with Crippen LogP contribution in [0.3, 0.4) is 0 Å². The molecule has 0 spiro atoms. The van der Waals surface area contributed by atoms with Crippen molar-refractivity contribution in [3.05, 3.63) is 41.7 Å². The summed E-state index contributed by atoms with van der Waals surface area (Å²) < 4.78 is 0. The van der Waals surface area contributed by atoms with Gasteiger partial charge < -0.3 is 0 Å². The average molecular weight is 201 g/mol. The highest BCUT2D eigenvalue weighted by molar-refractivity contribution is 5.43. The van der Waals surface area contributed by atoms with Gasteiger partial charge in [-0.05, 0) is 24.5 Å². The molecule has 0 unspecified atom stereocenters. The number of nitrogens with zero attached hydrogens (tertiary/aromatic N) is 3. The fourth-order valence-electron chi connectivity index (χ4n) is 1.66. The van der Waals surface area contributed by atoms with Crippen LogP contribution in [0.2, 0.25) is 0 Å². The summed E-state index contributed by atoms with van der Waals surface area (Å²) in [6, 6.07) is 6.36. The van der Waals surface area contributed by atoms with Crippen molar-refractivity contribution in [2.75, 3.05) is 0 Å². The van der Waals surface area contributed by atoms with Gasteiger partial charge in [-0.15, -0.1) is 0 Å². The first-order chi connectivity index (χ1) is 7.18. The Morgan fingerprint density at radius 3 is 2.40 bits per heavy atom. The first-order valence-corrected chi connectivity index (χ1v) is 5.15. The van der Waals surface area contributed by atoms with Crippen LogP contribution in [0.4, 0.5) is 0 Å². The van der Waals surface area contributed by atoms with Gasteiger partial charge in [0.1, 0.15) is 0 Å². The van der Waals surface area contributed by atoms with Crippen LogP contribution in [0.25, 0.3) is 5.69 Å². The Kier molecular flexibility index (Phi) is 2.54. The van der Waals surface area contributed by atoms with Crippen molar-refractivity contribution in [2.45, 2.75) is 26.7 Å². The van der Waals surface area contributed by atoms with Crippen LogP contribution in [-0.4, -0.2) is 15.0 Å². The Morgan fingerprint density at radius 2 is 1.80 bits per heavy atom. The molecule has 0 bridgehead atoms.